The van der Waals surface area contributed by atoms with Gasteiger partial charge in [0, 0.05) is 13.2 Å². The molecule has 1 aromatic heterocycles. The van der Waals surface area contributed by atoms with Crippen molar-refractivity contribution in [2.75, 3.05) is 7.11 Å². The third-order valence-corrected chi connectivity index (χ3v) is 2.40. The molecular formula is C11H14N2O2. The topological polar surface area (TPSA) is 55.0 Å². The van der Waals surface area contributed by atoms with Crippen LogP contribution in [0.2, 0.25) is 0 Å². The molecule has 0 aliphatic carbocycles. The molecule has 1 heterocycles. The van der Waals surface area contributed by atoms with Gasteiger partial charge in [-0.15, -0.1) is 0 Å². The molecule has 0 saturated heterocycles. The van der Waals surface area contributed by atoms with Gasteiger partial charge in [0.2, 0.25) is 0 Å². The summed E-state index contributed by atoms with van der Waals surface area (Å²) < 4.78 is 6.30. The molecule has 0 fully saturated rings. The summed E-state index contributed by atoms with van der Waals surface area (Å²) in [5.41, 5.74) is 0.674. The van der Waals surface area contributed by atoms with Gasteiger partial charge in [0.05, 0.1) is 18.6 Å². The van der Waals surface area contributed by atoms with Crippen LogP contribution in [-0.4, -0.2) is 17.6 Å². The number of hydrogen-bond donors (Lipinski definition) is 0. The van der Waals surface area contributed by atoms with Crippen LogP contribution in [0.5, 0.6) is 0 Å². The Morgan fingerprint density at radius 3 is 2.67 bits per heavy atom. The van der Waals surface area contributed by atoms with Crippen molar-refractivity contribution in [3.63, 3.8) is 0 Å². The van der Waals surface area contributed by atoms with Gasteiger partial charge in [0.15, 0.2) is 0 Å². The van der Waals surface area contributed by atoms with E-state index in [0.717, 1.165) is 5.56 Å². The second-order valence-electron chi connectivity index (χ2n) is 3.95. The van der Waals surface area contributed by atoms with Crippen LogP contribution in [0.4, 0.5) is 0 Å². The molecule has 4 heteroatoms. The lowest BCUT2D eigenvalue weighted by Gasteiger charge is -2.11. The highest BCUT2D eigenvalue weighted by atomic mass is 16.5. The quantitative estimate of drug-likeness (QED) is 0.691. The normalized spacial score (nSPS) is 10.9. The van der Waals surface area contributed by atoms with Gasteiger partial charge in [-0.25, -0.2) is 4.79 Å². The van der Waals surface area contributed by atoms with E-state index in [9.17, 15) is 4.79 Å². The van der Waals surface area contributed by atoms with Gasteiger partial charge < -0.3 is 9.30 Å². The molecule has 0 radical (unpaired) electrons. The van der Waals surface area contributed by atoms with E-state index in [1.54, 1.807) is 23.9 Å². The molecule has 0 bridgehead atoms. The summed E-state index contributed by atoms with van der Waals surface area (Å²) in [6, 6.07) is 3.88. The van der Waals surface area contributed by atoms with Crippen molar-refractivity contribution in [1.82, 2.24) is 4.57 Å². The van der Waals surface area contributed by atoms with Gasteiger partial charge in [0.25, 0.3) is 0 Å². The molecule has 1 aromatic rings. The molecule has 4 nitrogen and oxygen atoms in total. The summed E-state index contributed by atoms with van der Waals surface area (Å²) in [5, 5.41) is 8.97. The van der Waals surface area contributed by atoms with Gasteiger partial charge in [-0.1, -0.05) is 0 Å². The fraction of sp³-hybridized carbons (Fsp3) is 0.455. The zero-order chi connectivity index (χ0) is 11.6. The number of nitrogens with zero attached hydrogens (tertiary/aromatic N) is 2. The Hall–Kier alpha value is -1.76. The van der Waals surface area contributed by atoms with Gasteiger partial charge in [-0.2, -0.15) is 5.26 Å². The molecule has 0 spiro atoms. The summed E-state index contributed by atoms with van der Waals surface area (Å²) >= 11 is 0. The number of hydrogen-bond acceptors (Lipinski definition) is 3. The van der Waals surface area contributed by atoms with Gasteiger partial charge in [-0.05, 0) is 25.5 Å². The van der Waals surface area contributed by atoms with Crippen molar-refractivity contribution in [3.8, 4) is 6.07 Å². The van der Waals surface area contributed by atoms with Crippen LogP contribution in [0.15, 0.2) is 12.3 Å². The van der Waals surface area contributed by atoms with Crippen LogP contribution in [0, 0.1) is 11.3 Å². The highest BCUT2D eigenvalue weighted by Crippen LogP contribution is 2.24. The minimum absolute atomic E-state index is 0.391. The summed E-state index contributed by atoms with van der Waals surface area (Å²) in [6.07, 6.45) is 1.77. The van der Waals surface area contributed by atoms with E-state index in [1.807, 2.05) is 13.8 Å². The maximum atomic E-state index is 11.3. The minimum Gasteiger partial charge on any atom is -0.464 e. The number of aryl methyl sites for hydroxylation is 1. The third kappa shape index (κ3) is 2.01. The number of methoxy groups -OCH3 is 1. The average Bonchev–Trinajstić information content (AvgIpc) is 2.60. The Labute approximate surface area is 89.1 Å². The number of carbonyl (C=O) groups excluding carboxylic acids is 1. The SMILES string of the molecule is COC(=O)c1cc(C(C)(C)C#N)cn1C. The molecule has 0 aliphatic rings. The molecule has 15 heavy (non-hydrogen) atoms. The van der Waals surface area contributed by atoms with Crippen LogP contribution in [0.25, 0.3) is 0 Å². The molecule has 0 unspecified atom stereocenters. The van der Waals surface area contributed by atoms with E-state index < -0.39 is 11.4 Å². The number of rotatable bonds is 2. The lowest BCUT2D eigenvalue weighted by atomic mass is 9.88. The smallest absolute Gasteiger partial charge is 0.354 e. The molecule has 0 amide bonds. The van der Waals surface area contributed by atoms with E-state index in [2.05, 4.69) is 10.8 Å². The van der Waals surface area contributed by atoms with Crippen molar-refractivity contribution < 1.29 is 9.53 Å². The van der Waals surface area contributed by atoms with E-state index in [-0.39, 0.29) is 0 Å². The van der Waals surface area contributed by atoms with Crippen LogP contribution in [-0.2, 0) is 17.2 Å². The summed E-state index contributed by atoms with van der Waals surface area (Å²) in [4.78, 5) is 11.3. The number of aromatic nitrogens is 1. The predicted molar refractivity (Wildman–Crippen MR) is 55.4 cm³/mol. The molecule has 0 atom stereocenters. The standard InChI is InChI=1S/C11H14N2O2/c1-11(2,7-12)8-5-9(10(14)15-4)13(3)6-8/h5-6H,1-4H3. The van der Waals surface area contributed by atoms with Gasteiger partial charge >= 0.3 is 5.97 Å². The molecule has 80 valence electrons. The van der Waals surface area contributed by atoms with Crippen molar-refractivity contribution >= 4 is 5.97 Å². The first-order valence-electron chi connectivity index (χ1n) is 4.59. The Morgan fingerprint density at radius 2 is 2.20 bits per heavy atom. The first-order chi connectivity index (χ1) is 6.92. The van der Waals surface area contributed by atoms with Gasteiger partial charge in [0.1, 0.15) is 5.69 Å². The van der Waals surface area contributed by atoms with Crippen LogP contribution >= 0.6 is 0 Å². The highest BCUT2D eigenvalue weighted by Gasteiger charge is 2.24. The number of carbonyl (C=O) groups is 1. The zero-order valence-corrected chi connectivity index (χ0v) is 9.37. The van der Waals surface area contributed by atoms with Crippen molar-refractivity contribution in [2.45, 2.75) is 19.3 Å². The van der Waals surface area contributed by atoms with Gasteiger partial charge in [-0.3, -0.25) is 0 Å². The monoisotopic (exact) mass is 206 g/mol. The predicted octanol–water partition coefficient (Wildman–Crippen LogP) is 1.61. The first kappa shape index (κ1) is 11.3. The second-order valence-corrected chi connectivity index (χ2v) is 3.95. The molecule has 0 aliphatic heterocycles. The van der Waals surface area contributed by atoms with Crippen molar-refractivity contribution in [1.29, 1.82) is 5.26 Å². The molecule has 0 aromatic carbocycles. The Balaban J connectivity index is 3.18. The summed E-state index contributed by atoms with van der Waals surface area (Å²) in [6.45, 7) is 3.62. The Bertz CT molecular complexity index is 424. The summed E-state index contributed by atoms with van der Waals surface area (Å²) in [5.74, 6) is -0.391. The second kappa shape index (κ2) is 3.77. The molecular weight excluding hydrogens is 192 g/mol. The number of esters is 1. The lowest BCUT2D eigenvalue weighted by Crippen LogP contribution is -2.12. The molecule has 1 rings (SSSR count). The van der Waals surface area contributed by atoms with Crippen LogP contribution < -0.4 is 0 Å². The van der Waals surface area contributed by atoms with E-state index in [4.69, 9.17) is 5.26 Å². The third-order valence-electron chi connectivity index (χ3n) is 2.40. The maximum Gasteiger partial charge on any atom is 0.354 e. The number of ether oxygens (including phenoxy) is 1. The Kier molecular flexibility index (Phi) is 2.85. The highest BCUT2D eigenvalue weighted by molar-refractivity contribution is 5.88. The van der Waals surface area contributed by atoms with E-state index in [0.29, 0.717) is 5.69 Å². The van der Waals surface area contributed by atoms with Crippen LogP contribution in [0.3, 0.4) is 0 Å². The fourth-order valence-corrected chi connectivity index (χ4v) is 1.28. The lowest BCUT2D eigenvalue weighted by molar-refractivity contribution is 0.0590. The van der Waals surface area contributed by atoms with E-state index in [1.165, 1.54) is 7.11 Å². The largest absolute Gasteiger partial charge is 0.464 e. The first-order valence-corrected chi connectivity index (χ1v) is 4.59. The van der Waals surface area contributed by atoms with Crippen molar-refractivity contribution in [2.24, 2.45) is 7.05 Å². The maximum absolute atomic E-state index is 11.3. The van der Waals surface area contributed by atoms with Crippen molar-refractivity contribution in [3.05, 3.63) is 23.5 Å². The number of nitriles is 1. The molecule has 0 saturated carbocycles. The summed E-state index contributed by atoms with van der Waals surface area (Å²) in [7, 11) is 3.09. The fourth-order valence-electron chi connectivity index (χ4n) is 1.28. The average molecular weight is 206 g/mol. The Morgan fingerprint density at radius 1 is 1.60 bits per heavy atom. The van der Waals surface area contributed by atoms with E-state index >= 15 is 0 Å². The molecule has 0 N–H and O–H groups in total. The van der Waals surface area contributed by atoms with Crippen LogP contribution in [0.1, 0.15) is 29.9 Å². The minimum atomic E-state index is -0.593. The zero-order valence-electron chi connectivity index (χ0n) is 9.37.